The molecule has 0 radical (unpaired) electrons. The van der Waals surface area contributed by atoms with Gasteiger partial charge in [0.05, 0.1) is 16.5 Å². The molecule has 10 heteroatoms. The summed E-state index contributed by atoms with van der Waals surface area (Å²) in [7, 11) is 1.56. The first-order chi connectivity index (χ1) is 14.4. The number of benzene rings is 2. The molecule has 0 bridgehead atoms. The van der Waals surface area contributed by atoms with Crippen LogP contribution in [0.15, 0.2) is 40.7 Å². The summed E-state index contributed by atoms with van der Waals surface area (Å²) >= 11 is 8.95. The Balaban J connectivity index is 1.57. The van der Waals surface area contributed by atoms with Gasteiger partial charge in [-0.25, -0.2) is 0 Å². The molecule has 1 aromatic heterocycles. The third-order valence-corrected chi connectivity index (χ3v) is 6.30. The summed E-state index contributed by atoms with van der Waals surface area (Å²) in [6, 6.07) is 10.7. The molecule has 3 aromatic rings. The van der Waals surface area contributed by atoms with Crippen LogP contribution < -0.4 is 16.0 Å². The quantitative estimate of drug-likeness (QED) is 0.443. The highest BCUT2D eigenvalue weighted by Gasteiger charge is 2.12. The summed E-state index contributed by atoms with van der Waals surface area (Å²) in [6.45, 7) is 3.96. The van der Waals surface area contributed by atoms with Gasteiger partial charge in [0.2, 0.25) is 11.0 Å². The number of carbonyl (C=O) groups excluding carboxylic acids is 2. The smallest absolute Gasteiger partial charge is 0.251 e. The van der Waals surface area contributed by atoms with Gasteiger partial charge >= 0.3 is 0 Å². The van der Waals surface area contributed by atoms with Crippen LogP contribution in [0, 0.1) is 13.8 Å². The number of halogens is 1. The Hall–Kier alpha value is -2.62. The van der Waals surface area contributed by atoms with Crippen LogP contribution in [0.3, 0.4) is 0 Å². The maximum Gasteiger partial charge on any atom is 0.251 e. The maximum absolute atomic E-state index is 12.2. The molecule has 0 fully saturated rings. The summed E-state index contributed by atoms with van der Waals surface area (Å²) in [4.78, 5) is 23.9. The van der Waals surface area contributed by atoms with Gasteiger partial charge in [0, 0.05) is 18.3 Å². The van der Waals surface area contributed by atoms with Crippen molar-refractivity contribution in [1.82, 2.24) is 15.5 Å². The van der Waals surface area contributed by atoms with Gasteiger partial charge in [-0.3, -0.25) is 9.59 Å². The molecule has 3 rings (SSSR count). The van der Waals surface area contributed by atoms with E-state index in [4.69, 9.17) is 11.6 Å². The minimum atomic E-state index is -0.210. The zero-order valence-electron chi connectivity index (χ0n) is 16.6. The predicted molar refractivity (Wildman–Crippen MR) is 123 cm³/mol. The molecule has 1 heterocycles. The number of aryl methyl sites for hydroxylation is 2. The number of carbonyl (C=O) groups is 2. The maximum atomic E-state index is 12.2. The number of nitrogens with one attached hydrogen (secondary N) is 3. The van der Waals surface area contributed by atoms with Crippen molar-refractivity contribution in [2.75, 3.05) is 23.4 Å². The minimum absolute atomic E-state index is 0.170. The SMILES string of the molecule is CNC(=O)c1cccc(NC(=O)CSc2nnc(Nc3c(C)cc(C)cc3Cl)s2)c1. The fourth-order valence-corrected chi connectivity index (χ4v) is 4.63. The highest BCUT2D eigenvalue weighted by Crippen LogP contribution is 2.33. The van der Waals surface area contributed by atoms with Crippen molar-refractivity contribution < 1.29 is 9.59 Å². The van der Waals surface area contributed by atoms with Crippen molar-refractivity contribution in [3.63, 3.8) is 0 Å². The summed E-state index contributed by atoms with van der Waals surface area (Å²) in [5.41, 5.74) is 3.94. The molecule has 0 atom stereocenters. The second kappa shape index (κ2) is 9.92. The molecule has 156 valence electrons. The first-order valence-corrected chi connectivity index (χ1v) is 11.2. The Bertz CT molecular complexity index is 1060. The standard InChI is InChI=1S/C20H20ClN5O2S2/c1-11-7-12(2)17(15(21)8-11)24-19-25-26-20(30-19)29-10-16(27)23-14-6-4-5-13(9-14)18(28)22-3/h4-9H,10H2,1-3H3,(H,22,28)(H,23,27)(H,24,25). The summed E-state index contributed by atoms with van der Waals surface area (Å²) in [6.07, 6.45) is 0. The predicted octanol–water partition coefficient (Wildman–Crippen LogP) is 4.64. The monoisotopic (exact) mass is 461 g/mol. The average Bonchev–Trinajstić information content (AvgIpc) is 3.16. The van der Waals surface area contributed by atoms with Gasteiger partial charge < -0.3 is 16.0 Å². The molecule has 3 N–H and O–H groups in total. The lowest BCUT2D eigenvalue weighted by molar-refractivity contribution is -0.113. The Labute approximate surface area is 187 Å². The average molecular weight is 462 g/mol. The second-order valence-electron chi connectivity index (χ2n) is 6.43. The lowest BCUT2D eigenvalue weighted by atomic mass is 10.1. The van der Waals surface area contributed by atoms with E-state index in [-0.39, 0.29) is 17.6 Å². The normalized spacial score (nSPS) is 10.5. The summed E-state index contributed by atoms with van der Waals surface area (Å²) < 4.78 is 0.660. The van der Waals surface area contributed by atoms with Crippen molar-refractivity contribution in [3.05, 3.63) is 58.1 Å². The number of aromatic nitrogens is 2. The molecule has 0 aliphatic rings. The van der Waals surface area contributed by atoms with Crippen LogP contribution in [0.1, 0.15) is 21.5 Å². The van der Waals surface area contributed by atoms with E-state index in [9.17, 15) is 9.59 Å². The van der Waals surface area contributed by atoms with Gasteiger partial charge in [0.25, 0.3) is 5.91 Å². The van der Waals surface area contributed by atoms with Gasteiger partial charge in [-0.05, 0) is 49.2 Å². The van der Waals surface area contributed by atoms with Crippen LogP contribution in [0.2, 0.25) is 5.02 Å². The van der Waals surface area contributed by atoms with Crippen molar-refractivity contribution in [1.29, 1.82) is 0 Å². The third kappa shape index (κ3) is 5.71. The van der Waals surface area contributed by atoms with E-state index < -0.39 is 0 Å². The molecule has 2 amide bonds. The van der Waals surface area contributed by atoms with Gasteiger partial charge in [-0.1, -0.05) is 46.8 Å². The van der Waals surface area contributed by atoms with Crippen molar-refractivity contribution in [3.8, 4) is 0 Å². The minimum Gasteiger partial charge on any atom is -0.355 e. The molecular weight excluding hydrogens is 442 g/mol. The van der Waals surface area contributed by atoms with Gasteiger partial charge in [-0.15, -0.1) is 10.2 Å². The zero-order chi connectivity index (χ0) is 21.7. The molecule has 0 saturated heterocycles. The lowest BCUT2D eigenvalue weighted by Crippen LogP contribution is -2.18. The van der Waals surface area contributed by atoms with E-state index in [1.807, 2.05) is 26.0 Å². The van der Waals surface area contributed by atoms with Crippen LogP contribution >= 0.6 is 34.7 Å². The highest BCUT2D eigenvalue weighted by molar-refractivity contribution is 8.01. The van der Waals surface area contributed by atoms with E-state index in [0.29, 0.717) is 25.7 Å². The van der Waals surface area contributed by atoms with E-state index in [1.165, 1.54) is 23.1 Å². The van der Waals surface area contributed by atoms with E-state index in [1.54, 1.807) is 31.3 Å². The number of nitrogens with zero attached hydrogens (tertiary/aromatic N) is 2. The number of amides is 2. The van der Waals surface area contributed by atoms with Crippen LogP contribution in [0.5, 0.6) is 0 Å². The van der Waals surface area contributed by atoms with Crippen LogP contribution in [-0.2, 0) is 4.79 Å². The fraction of sp³-hybridized carbons (Fsp3) is 0.200. The Morgan fingerprint density at radius 2 is 1.97 bits per heavy atom. The van der Waals surface area contributed by atoms with E-state index in [0.717, 1.165) is 16.8 Å². The fourth-order valence-electron chi connectivity index (χ4n) is 2.71. The first-order valence-electron chi connectivity index (χ1n) is 8.98. The summed E-state index contributed by atoms with van der Waals surface area (Å²) in [5.74, 6) is -0.238. The number of thioether (sulfide) groups is 1. The molecule has 7 nitrogen and oxygen atoms in total. The second-order valence-corrected chi connectivity index (χ2v) is 9.04. The molecule has 0 aliphatic heterocycles. The lowest BCUT2D eigenvalue weighted by Gasteiger charge is -2.09. The molecule has 0 aliphatic carbocycles. The number of rotatable bonds is 7. The van der Waals surface area contributed by atoms with Crippen molar-refractivity contribution in [2.45, 2.75) is 18.2 Å². The van der Waals surface area contributed by atoms with E-state index >= 15 is 0 Å². The largest absolute Gasteiger partial charge is 0.355 e. The van der Waals surface area contributed by atoms with Gasteiger partial charge in [-0.2, -0.15) is 0 Å². The Kier molecular flexibility index (Phi) is 7.30. The highest BCUT2D eigenvalue weighted by atomic mass is 35.5. The van der Waals surface area contributed by atoms with Crippen molar-refractivity contribution in [2.24, 2.45) is 0 Å². The van der Waals surface area contributed by atoms with Crippen LogP contribution in [-0.4, -0.2) is 34.8 Å². The molecule has 2 aromatic carbocycles. The summed E-state index contributed by atoms with van der Waals surface area (Å²) in [5, 5.41) is 18.0. The molecular formula is C20H20ClN5O2S2. The molecule has 30 heavy (non-hydrogen) atoms. The first kappa shape index (κ1) is 22.1. The zero-order valence-corrected chi connectivity index (χ0v) is 19.0. The van der Waals surface area contributed by atoms with Gasteiger partial charge in [0.15, 0.2) is 4.34 Å². The third-order valence-electron chi connectivity index (χ3n) is 4.03. The van der Waals surface area contributed by atoms with Gasteiger partial charge in [0.1, 0.15) is 0 Å². The van der Waals surface area contributed by atoms with Crippen LogP contribution in [0.4, 0.5) is 16.5 Å². The molecule has 0 spiro atoms. The Morgan fingerprint density at radius 1 is 1.17 bits per heavy atom. The molecule has 0 saturated carbocycles. The van der Waals surface area contributed by atoms with Crippen LogP contribution in [0.25, 0.3) is 0 Å². The topological polar surface area (TPSA) is 96.0 Å². The number of anilines is 3. The van der Waals surface area contributed by atoms with E-state index in [2.05, 4.69) is 26.1 Å². The van der Waals surface area contributed by atoms with Crippen molar-refractivity contribution >= 4 is 63.0 Å². The number of hydrogen-bond acceptors (Lipinski definition) is 7. The Morgan fingerprint density at radius 3 is 2.70 bits per heavy atom. The molecule has 0 unspecified atom stereocenters. The number of hydrogen-bond donors (Lipinski definition) is 3.